The Hall–Kier alpha value is -0.520. The normalized spacial score (nSPS) is 26.7. The molecular formula is C11H17NO. The van der Waals surface area contributed by atoms with Crippen LogP contribution in [0.4, 0.5) is 0 Å². The van der Waals surface area contributed by atoms with E-state index in [1.54, 1.807) is 0 Å². The number of ether oxygens (including phenoxy) is 1. The summed E-state index contributed by atoms with van der Waals surface area (Å²) in [4.78, 5) is 0. The van der Waals surface area contributed by atoms with Gasteiger partial charge in [0.1, 0.15) is 0 Å². The van der Waals surface area contributed by atoms with E-state index in [0.29, 0.717) is 12.1 Å². The van der Waals surface area contributed by atoms with Crippen molar-refractivity contribution in [3.8, 4) is 12.3 Å². The van der Waals surface area contributed by atoms with Crippen LogP contribution in [0.2, 0.25) is 0 Å². The third-order valence-electron chi connectivity index (χ3n) is 3.29. The van der Waals surface area contributed by atoms with E-state index in [9.17, 15) is 0 Å². The summed E-state index contributed by atoms with van der Waals surface area (Å²) >= 11 is 0. The van der Waals surface area contributed by atoms with Crippen LogP contribution in [0, 0.1) is 18.3 Å². The van der Waals surface area contributed by atoms with Gasteiger partial charge in [0.15, 0.2) is 0 Å². The number of hydrogen-bond acceptors (Lipinski definition) is 2. The fraction of sp³-hybridized carbons (Fsp3) is 0.818. The Morgan fingerprint density at radius 2 is 2.08 bits per heavy atom. The van der Waals surface area contributed by atoms with Gasteiger partial charge in [-0.3, -0.25) is 0 Å². The molecule has 2 rings (SSSR count). The molecule has 0 aromatic heterocycles. The Morgan fingerprint density at radius 1 is 1.38 bits per heavy atom. The second kappa shape index (κ2) is 3.69. The smallest absolute Gasteiger partial charge is 0.0578 e. The van der Waals surface area contributed by atoms with E-state index in [-0.39, 0.29) is 0 Å². The Kier molecular flexibility index (Phi) is 2.57. The zero-order valence-electron chi connectivity index (χ0n) is 8.01. The van der Waals surface area contributed by atoms with E-state index in [1.807, 2.05) is 0 Å². The van der Waals surface area contributed by atoms with E-state index in [2.05, 4.69) is 11.2 Å². The van der Waals surface area contributed by atoms with Gasteiger partial charge < -0.3 is 10.1 Å². The van der Waals surface area contributed by atoms with Crippen LogP contribution in [0.25, 0.3) is 0 Å². The molecule has 2 aliphatic rings. The van der Waals surface area contributed by atoms with Gasteiger partial charge in [-0.05, 0) is 31.6 Å². The summed E-state index contributed by atoms with van der Waals surface area (Å²) in [7, 11) is 0. The molecule has 2 nitrogen and oxygen atoms in total. The van der Waals surface area contributed by atoms with Crippen molar-refractivity contribution in [3.05, 3.63) is 0 Å². The van der Waals surface area contributed by atoms with Crippen molar-refractivity contribution in [2.75, 3.05) is 19.8 Å². The highest BCUT2D eigenvalue weighted by molar-refractivity contribution is 5.04. The molecule has 0 spiro atoms. The number of rotatable bonds is 3. The standard InChI is InChI=1S/C11H17NO/c1-2-7-12-11(10-3-4-10)5-8-13-9-6-11/h1,10,12H,3-9H2. The van der Waals surface area contributed by atoms with Gasteiger partial charge in [-0.15, -0.1) is 6.42 Å². The minimum atomic E-state index is 0.324. The van der Waals surface area contributed by atoms with E-state index < -0.39 is 0 Å². The minimum absolute atomic E-state index is 0.324. The Morgan fingerprint density at radius 3 is 2.62 bits per heavy atom. The van der Waals surface area contributed by atoms with Crippen LogP contribution >= 0.6 is 0 Å². The van der Waals surface area contributed by atoms with Gasteiger partial charge in [0.2, 0.25) is 0 Å². The Balaban J connectivity index is 1.96. The maximum atomic E-state index is 5.39. The first-order valence-corrected chi connectivity index (χ1v) is 5.14. The molecule has 1 aliphatic carbocycles. The molecule has 1 aliphatic heterocycles. The fourth-order valence-corrected chi connectivity index (χ4v) is 2.33. The lowest BCUT2D eigenvalue weighted by atomic mass is 9.85. The molecule has 0 amide bonds. The molecule has 1 heterocycles. The molecule has 0 atom stereocenters. The summed E-state index contributed by atoms with van der Waals surface area (Å²) in [6.07, 6.45) is 10.3. The van der Waals surface area contributed by atoms with Crippen molar-refractivity contribution in [2.24, 2.45) is 5.92 Å². The molecule has 72 valence electrons. The molecule has 13 heavy (non-hydrogen) atoms. The van der Waals surface area contributed by atoms with Crippen LogP contribution in [0.5, 0.6) is 0 Å². The summed E-state index contributed by atoms with van der Waals surface area (Å²) in [6.45, 7) is 2.50. The van der Waals surface area contributed by atoms with Crippen molar-refractivity contribution in [1.82, 2.24) is 5.32 Å². The van der Waals surface area contributed by atoms with Gasteiger partial charge in [0.25, 0.3) is 0 Å². The predicted molar refractivity (Wildman–Crippen MR) is 52.3 cm³/mol. The summed E-state index contributed by atoms with van der Waals surface area (Å²) in [5.74, 6) is 3.54. The monoisotopic (exact) mass is 179 g/mol. The van der Waals surface area contributed by atoms with Crippen molar-refractivity contribution < 1.29 is 4.74 Å². The Labute approximate surface area is 80.0 Å². The quantitative estimate of drug-likeness (QED) is 0.657. The maximum Gasteiger partial charge on any atom is 0.0578 e. The topological polar surface area (TPSA) is 21.3 Å². The SMILES string of the molecule is C#CCNC1(C2CC2)CCOCC1. The highest BCUT2D eigenvalue weighted by atomic mass is 16.5. The van der Waals surface area contributed by atoms with Gasteiger partial charge >= 0.3 is 0 Å². The largest absolute Gasteiger partial charge is 0.381 e. The lowest BCUT2D eigenvalue weighted by molar-refractivity contribution is 0.0306. The predicted octanol–water partition coefficient (Wildman–Crippen LogP) is 1.17. The third kappa shape index (κ3) is 1.87. The zero-order chi connectivity index (χ0) is 9.15. The van der Waals surface area contributed by atoms with Crippen molar-refractivity contribution in [1.29, 1.82) is 0 Å². The van der Waals surface area contributed by atoms with E-state index in [1.165, 1.54) is 12.8 Å². The second-order valence-corrected chi connectivity index (χ2v) is 4.10. The van der Waals surface area contributed by atoms with Crippen LogP contribution in [-0.4, -0.2) is 25.3 Å². The van der Waals surface area contributed by atoms with Gasteiger partial charge in [0, 0.05) is 18.8 Å². The zero-order valence-corrected chi connectivity index (χ0v) is 8.01. The van der Waals surface area contributed by atoms with Gasteiger partial charge in [-0.2, -0.15) is 0 Å². The van der Waals surface area contributed by atoms with E-state index in [4.69, 9.17) is 11.2 Å². The van der Waals surface area contributed by atoms with E-state index >= 15 is 0 Å². The molecule has 0 unspecified atom stereocenters. The van der Waals surface area contributed by atoms with Gasteiger partial charge in [-0.1, -0.05) is 5.92 Å². The molecule has 0 aromatic rings. The molecule has 1 saturated carbocycles. The average Bonchev–Trinajstić information content (AvgIpc) is 3.00. The van der Waals surface area contributed by atoms with Crippen molar-refractivity contribution in [2.45, 2.75) is 31.2 Å². The van der Waals surface area contributed by atoms with Crippen LogP contribution < -0.4 is 5.32 Å². The third-order valence-corrected chi connectivity index (χ3v) is 3.29. The van der Waals surface area contributed by atoms with Crippen LogP contribution in [-0.2, 0) is 4.74 Å². The minimum Gasteiger partial charge on any atom is -0.381 e. The van der Waals surface area contributed by atoms with Crippen LogP contribution in [0.1, 0.15) is 25.7 Å². The molecule has 0 aromatic carbocycles. The fourth-order valence-electron chi connectivity index (χ4n) is 2.33. The lowest BCUT2D eigenvalue weighted by Crippen LogP contribution is -2.51. The maximum absolute atomic E-state index is 5.39. The summed E-state index contributed by atoms with van der Waals surface area (Å²) in [5, 5.41) is 3.53. The summed E-state index contributed by atoms with van der Waals surface area (Å²) < 4.78 is 5.39. The van der Waals surface area contributed by atoms with E-state index in [0.717, 1.165) is 32.0 Å². The van der Waals surface area contributed by atoms with Gasteiger partial charge in [0.05, 0.1) is 6.54 Å². The molecule has 0 radical (unpaired) electrons. The summed E-state index contributed by atoms with van der Waals surface area (Å²) in [6, 6.07) is 0. The summed E-state index contributed by atoms with van der Waals surface area (Å²) in [5.41, 5.74) is 0.324. The molecule has 1 N–H and O–H groups in total. The van der Waals surface area contributed by atoms with Crippen molar-refractivity contribution >= 4 is 0 Å². The first-order chi connectivity index (χ1) is 6.37. The first kappa shape index (κ1) is 9.05. The average molecular weight is 179 g/mol. The molecular weight excluding hydrogens is 162 g/mol. The number of nitrogens with one attached hydrogen (secondary N) is 1. The van der Waals surface area contributed by atoms with Crippen molar-refractivity contribution in [3.63, 3.8) is 0 Å². The highest BCUT2D eigenvalue weighted by Gasteiger charge is 2.45. The molecule has 2 fully saturated rings. The molecule has 1 saturated heterocycles. The van der Waals surface area contributed by atoms with Crippen LogP contribution in [0.15, 0.2) is 0 Å². The lowest BCUT2D eigenvalue weighted by Gasteiger charge is -2.38. The van der Waals surface area contributed by atoms with Gasteiger partial charge in [-0.25, -0.2) is 0 Å². The molecule has 0 bridgehead atoms. The second-order valence-electron chi connectivity index (χ2n) is 4.10. The number of hydrogen-bond donors (Lipinski definition) is 1. The Bertz CT molecular complexity index is 209. The number of terminal acetylenes is 1. The highest BCUT2D eigenvalue weighted by Crippen LogP contribution is 2.44. The van der Waals surface area contributed by atoms with Crippen LogP contribution in [0.3, 0.4) is 0 Å². The first-order valence-electron chi connectivity index (χ1n) is 5.14. The molecule has 2 heteroatoms.